The Morgan fingerprint density at radius 3 is 2.42 bits per heavy atom. The predicted octanol–water partition coefficient (Wildman–Crippen LogP) is 2.71. The molecule has 0 atom stereocenters. The number of esters is 1. The van der Waals surface area contributed by atoms with Crippen molar-refractivity contribution in [3.05, 3.63) is 34.9 Å². The Labute approximate surface area is 181 Å². The van der Waals surface area contributed by atoms with Gasteiger partial charge in [0.15, 0.2) is 6.61 Å². The Morgan fingerprint density at radius 1 is 1.06 bits per heavy atom. The van der Waals surface area contributed by atoms with Crippen LogP contribution in [0.1, 0.15) is 83.4 Å². The SMILES string of the molecule is CC(C)CCN1C(=O)c2ccc(C(=O)OCC(=O)NC(=O)C3CCCCC3)cc2C1=O. The van der Waals surface area contributed by atoms with Crippen LogP contribution in [0.4, 0.5) is 0 Å². The number of carbonyl (C=O) groups is 5. The van der Waals surface area contributed by atoms with Crippen molar-refractivity contribution in [1.82, 2.24) is 10.2 Å². The van der Waals surface area contributed by atoms with Crippen LogP contribution < -0.4 is 5.32 Å². The Bertz CT molecular complexity index is 901. The molecule has 8 heteroatoms. The van der Waals surface area contributed by atoms with Gasteiger partial charge in [0.05, 0.1) is 16.7 Å². The van der Waals surface area contributed by atoms with Gasteiger partial charge in [-0.25, -0.2) is 4.79 Å². The summed E-state index contributed by atoms with van der Waals surface area (Å²) >= 11 is 0. The van der Waals surface area contributed by atoms with Crippen LogP contribution in [0.5, 0.6) is 0 Å². The van der Waals surface area contributed by atoms with Crippen molar-refractivity contribution in [2.75, 3.05) is 13.2 Å². The van der Waals surface area contributed by atoms with E-state index in [4.69, 9.17) is 4.74 Å². The summed E-state index contributed by atoms with van der Waals surface area (Å²) in [6.07, 6.45) is 5.24. The molecule has 2 aliphatic rings. The predicted molar refractivity (Wildman–Crippen MR) is 111 cm³/mol. The molecule has 4 amide bonds. The van der Waals surface area contributed by atoms with Crippen molar-refractivity contribution >= 4 is 29.6 Å². The lowest BCUT2D eigenvalue weighted by Crippen LogP contribution is -2.38. The number of carbonyl (C=O) groups excluding carboxylic acids is 5. The lowest BCUT2D eigenvalue weighted by molar-refractivity contribution is -0.135. The molecule has 8 nitrogen and oxygen atoms in total. The summed E-state index contributed by atoms with van der Waals surface area (Å²) in [5, 5.41) is 2.28. The van der Waals surface area contributed by atoms with Gasteiger partial charge in [0.1, 0.15) is 0 Å². The summed E-state index contributed by atoms with van der Waals surface area (Å²) in [5.74, 6) is -2.46. The quantitative estimate of drug-likeness (QED) is 0.528. The fourth-order valence-corrected chi connectivity index (χ4v) is 3.86. The highest BCUT2D eigenvalue weighted by Crippen LogP contribution is 2.25. The number of rotatable bonds is 7. The van der Waals surface area contributed by atoms with E-state index < -0.39 is 24.4 Å². The molecule has 166 valence electrons. The molecule has 31 heavy (non-hydrogen) atoms. The fourth-order valence-electron chi connectivity index (χ4n) is 3.86. The van der Waals surface area contributed by atoms with Crippen LogP contribution in [-0.4, -0.2) is 47.6 Å². The van der Waals surface area contributed by atoms with Gasteiger partial charge in [-0.2, -0.15) is 0 Å². The number of nitrogens with one attached hydrogen (secondary N) is 1. The molecule has 1 aliphatic carbocycles. The first-order valence-electron chi connectivity index (χ1n) is 10.8. The zero-order valence-corrected chi connectivity index (χ0v) is 17.9. The minimum absolute atomic E-state index is 0.0667. The van der Waals surface area contributed by atoms with Crippen LogP contribution in [0.15, 0.2) is 18.2 Å². The van der Waals surface area contributed by atoms with Crippen molar-refractivity contribution in [1.29, 1.82) is 0 Å². The van der Waals surface area contributed by atoms with Gasteiger partial charge in [-0.15, -0.1) is 0 Å². The first-order chi connectivity index (χ1) is 14.8. The topological polar surface area (TPSA) is 110 Å². The van der Waals surface area contributed by atoms with E-state index in [-0.39, 0.29) is 34.4 Å². The summed E-state index contributed by atoms with van der Waals surface area (Å²) in [7, 11) is 0. The molecule has 1 fully saturated rings. The molecule has 1 aromatic rings. The highest BCUT2D eigenvalue weighted by Gasteiger charge is 2.36. The van der Waals surface area contributed by atoms with E-state index >= 15 is 0 Å². The molecule has 1 N–H and O–H groups in total. The van der Waals surface area contributed by atoms with Gasteiger partial charge < -0.3 is 4.74 Å². The van der Waals surface area contributed by atoms with Crippen molar-refractivity contribution in [2.45, 2.75) is 52.4 Å². The van der Waals surface area contributed by atoms with Crippen LogP contribution in [-0.2, 0) is 14.3 Å². The molecule has 0 radical (unpaired) electrons. The third-order valence-corrected chi connectivity index (χ3v) is 5.71. The average Bonchev–Trinajstić information content (AvgIpc) is 3.00. The van der Waals surface area contributed by atoms with Gasteiger partial charge in [-0.3, -0.25) is 29.4 Å². The Hall–Kier alpha value is -3.03. The molecular formula is C23H28N2O6. The number of benzene rings is 1. The van der Waals surface area contributed by atoms with Gasteiger partial charge in [-0.1, -0.05) is 33.1 Å². The van der Waals surface area contributed by atoms with E-state index in [0.29, 0.717) is 18.9 Å². The van der Waals surface area contributed by atoms with Gasteiger partial charge in [0.25, 0.3) is 17.7 Å². The maximum absolute atomic E-state index is 12.6. The van der Waals surface area contributed by atoms with Crippen molar-refractivity contribution in [3.8, 4) is 0 Å². The second-order valence-corrected chi connectivity index (χ2v) is 8.53. The van der Waals surface area contributed by atoms with Crippen LogP contribution >= 0.6 is 0 Å². The first-order valence-corrected chi connectivity index (χ1v) is 10.8. The smallest absolute Gasteiger partial charge is 0.338 e. The van der Waals surface area contributed by atoms with Gasteiger partial charge in [-0.05, 0) is 43.4 Å². The zero-order chi connectivity index (χ0) is 22.5. The average molecular weight is 428 g/mol. The van der Waals surface area contributed by atoms with Crippen LogP contribution in [0.2, 0.25) is 0 Å². The summed E-state index contributed by atoms with van der Waals surface area (Å²) < 4.78 is 4.99. The molecule has 0 saturated heterocycles. The van der Waals surface area contributed by atoms with Crippen LogP contribution in [0, 0.1) is 11.8 Å². The normalized spacial score (nSPS) is 16.4. The van der Waals surface area contributed by atoms with Crippen molar-refractivity contribution in [3.63, 3.8) is 0 Å². The highest BCUT2D eigenvalue weighted by molar-refractivity contribution is 6.22. The first kappa shape index (κ1) is 22.7. The number of hydrogen-bond donors (Lipinski definition) is 1. The summed E-state index contributed by atoms with van der Waals surface area (Å²) in [4.78, 5) is 62.6. The minimum Gasteiger partial charge on any atom is -0.452 e. The van der Waals surface area contributed by atoms with E-state index in [1.165, 1.54) is 23.1 Å². The maximum Gasteiger partial charge on any atom is 0.338 e. The molecule has 1 saturated carbocycles. The van der Waals surface area contributed by atoms with E-state index in [9.17, 15) is 24.0 Å². The molecule has 0 bridgehead atoms. The van der Waals surface area contributed by atoms with Crippen molar-refractivity contribution in [2.24, 2.45) is 11.8 Å². The molecule has 1 aromatic carbocycles. The highest BCUT2D eigenvalue weighted by atomic mass is 16.5. The number of nitrogens with zero attached hydrogens (tertiary/aromatic N) is 1. The Kier molecular flexibility index (Phi) is 7.20. The fraction of sp³-hybridized carbons (Fsp3) is 0.522. The molecule has 1 heterocycles. The van der Waals surface area contributed by atoms with Crippen LogP contribution in [0.3, 0.4) is 0 Å². The van der Waals surface area contributed by atoms with Gasteiger partial charge in [0.2, 0.25) is 5.91 Å². The van der Waals surface area contributed by atoms with Crippen LogP contribution in [0.25, 0.3) is 0 Å². The minimum atomic E-state index is -0.802. The number of ether oxygens (including phenoxy) is 1. The third-order valence-electron chi connectivity index (χ3n) is 5.71. The van der Waals surface area contributed by atoms with E-state index in [1.54, 1.807) is 0 Å². The van der Waals surface area contributed by atoms with Crippen molar-refractivity contribution < 1.29 is 28.7 Å². The second kappa shape index (κ2) is 9.85. The molecule has 0 spiro atoms. The monoisotopic (exact) mass is 428 g/mol. The number of imide groups is 2. The zero-order valence-electron chi connectivity index (χ0n) is 17.9. The molecule has 0 unspecified atom stereocenters. The molecule has 0 aromatic heterocycles. The number of fused-ring (bicyclic) bond motifs is 1. The third kappa shape index (κ3) is 5.37. The lowest BCUT2D eigenvalue weighted by Gasteiger charge is -2.20. The standard InChI is InChI=1S/C23H28N2O6/c1-14(2)10-11-25-21(28)17-9-8-16(12-18(17)22(25)29)23(30)31-13-19(26)24-20(27)15-6-4-3-5-7-15/h8-9,12,14-15H,3-7,10-11,13H2,1-2H3,(H,24,26,27). The molecule has 1 aliphatic heterocycles. The van der Waals surface area contributed by atoms with E-state index in [2.05, 4.69) is 5.32 Å². The molecule has 3 rings (SSSR count). The summed E-state index contributed by atoms with van der Waals surface area (Å²) in [6.45, 7) is 3.73. The lowest BCUT2D eigenvalue weighted by atomic mass is 9.89. The summed E-state index contributed by atoms with van der Waals surface area (Å²) in [5.41, 5.74) is 0.471. The van der Waals surface area contributed by atoms with Gasteiger partial charge >= 0.3 is 5.97 Å². The maximum atomic E-state index is 12.6. The molecular weight excluding hydrogens is 400 g/mol. The van der Waals surface area contributed by atoms with Gasteiger partial charge in [0, 0.05) is 12.5 Å². The number of amides is 4. The Balaban J connectivity index is 1.56. The largest absolute Gasteiger partial charge is 0.452 e. The summed E-state index contributed by atoms with van der Waals surface area (Å²) in [6, 6.07) is 4.13. The number of hydrogen-bond acceptors (Lipinski definition) is 6. The Morgan fingerprint density at radius 2 is 1.74 bits per heavy atom. The van der Waals surface area contributed by atoms with E-state index in [1.807, 2.05) is 13.8 Å². The second-order valence-electron chi connectivity index (χ2n) is 8.53. The van der Waals surface area contributed by atoms with E-state index in [0.717, 1.165) is 32.1 Å².